The van der Waals surface area contributed by atoms with Gasteiger partial charge in [0.05, 0.1) is 5.69 Å². The highest BCUT2D eigenvalue weighted by atomic mass is 19.1. The number of fused-ring (bicyclic) bond motifs is 1. The third-order valence-corrected chi connectivity index (χ3v) is 3.96. The second-order valence-corrected chi connectivity index (χ2v) is 5.41. The molecule has 0 unspecified atom stereocenters. The zero-order chi connectivity index (χ0) is 14.1. The van der Waals surface area contributed by atoms with Crippen LogP contribution >= 0.6 is 0 Å². The van der Waals surface area contributed by atoms with Gasteiger partial charge in [-0.2, -0.15) is 0 Å². The van der Waals surface area contributed by atoms with Gasteiger partial charge < -0.3 is 10.6 Å². The lowest BCUT2D eigenvalue weighted by Crippen LogP contribution is -2.32. The summed E-state index contributed by atoms with van der Waals surface area (Å²) in [5.41, 5.74) is 10.2. The molecule has 104 valence electrons. The fourth-order valence-electron chi connectivity index (χ4n) is 2.92. The van der Waals surface area contributed by atoms with Crippen molar-refractivity contribution in [3.8, 4) is 0 Å². The molecular formula is C17H19FN2. The number of para-hydroxylation sites is 1. The molecule has 2 N–H and O–H groups in total. The number of hydrogen-bond acceptors (Lipinski definition) is 2. The standard InChI is InChI=1S/C17H19FN2/c1-12(19)15-7-4-8-16(18)17(15)20-10-9-13-5-2-3-6-14(13)11-20/h2-8,12H,9-11,19H2,1H3/t12-/m0/s1. The minimum absolute atomic E-state index is 0.169. The average Bonchev–Trinajstić information content (AvgIpc) is 2.46. The number of nitrogens with two attached hydrogens (primary N) is 1. The van der Waals surface area contributed by atoms with Crippen LogP contribution in [-0.2, 0) is 13.0 Å². The van der Waals surface area contributed by atoms with E-state index in [9.17, 15) is 4.39 Å². The van der Waals surface area contributed by atoms with Crippen LogP contribution in [0.15, 0.2) is 42.5 Å². The molecule has 0 amide bonds. The van der Waals surface area contributed by atoms with E-state index in [0.29, 0.717) is 5.69 Å². The predicted molar refractivity (Wildman–Crippen MR) is 80.2 cm³/mol. The maximum Gasteiger partial charge on any atom is 0.146 e. The summed E-state index contributed by atoms with van der Waals surface area (Å²) in [6, 6.07) is 13.4. The van der Waals surface area contributed by atoms with Crippen LogP contribution in [0.4, 0.5) is 10.1 Å². The summed E-state index contributed by atoms with van der Waals surface area (Å²) in [6.07, 6.45) is 0.947. The minimum Gasteiger partial charge on any atom is -0.364 e. The van der Waals surface area contributed by atoms with Gasteiger partial charge >= 0.3 is 0 Å². The summed E-state index contributed by atoms with van der Waals surface area (Å²) in [6.45, 7) is 3.48. The molecule has 0 radical (unpaired) electrons. The van der Waals surface area contributed by atoms with Crippen molar-refractivity contribution >= 4 is 5.69 Å². The first kappa shape index (κ1) is 13.1. The summed E-state index contributed by atoms with van der Waals surface area (Å²) in [4.78, 5) is 2.11. The summed E-state index contributed by atoms with van der Waals surface area (Å²) < 4.78 is 14.3. The van der Waals surface area contributed by atoms with Crippen molar-refractivity contribution in [2.75, 3.05) is 11.4 Å². The molecule has 0 saturated heterocycles. The van der Waals surface area contributed by atoms with Crippen LogP contribution < -0.4 is 10.6 Å². The van der Waals surface area contributed by atoms with Crippen LogP contribution in [0.25, 0.3) is 0 Å². The molecule has 1 aliphatic rings. The molecule has 2 aromatic carbocycles. The molecule has 0 bridgehead atoms. The molecule has 0 aliphatic carbocycles. The van der Waals surface area contributed by atoms with Gasteiger partial charge in [0, 0.05) is 19.1 Å². The third-order valence-electron chi connectivity index (χ3n) is 3.96. The lowest BCUT2D eigenvalue weighted by atomic mass is 9.97. The molecule has 0 saturated carbocycles. The molecule has 0 spiro atoms. The fourth-order valence-corrected chi connectivity index (χ4v) is 2.92. The summed E-state index contributed by atoms with van der Waals surface area (Å²) in [5.74, 6) is -0.181. The molecule has 2 nitrogen and oxygen atoms in total. The molecule has 2 aromatic rings. The van der Waals surface area contributed by atoms with Crippen LogP contribution in [0.2, 0.25) is 0 Å². The predicted octanol–water partition coefficient (Wildman–Crippen LogP) is 3.41. The van der Waals surface area contributed by atoms with Gasteiger partial charge in [0.25, 0.3) is 0 Å². The van der Waals surface area contributed by atoms with Crippen molar-refractivity contribution < 1.29 is 4.39 Å². The second kappa shape index (κ2) is 5.25. The minimum atomic E-state index is -0.181. The number of halogens is 1. The smallest absolute Gasteiger partial charge is 0.146 e. The molecule has 1 atom stereocenters. The summed E-state index contributed by atoms with van der Waals surface area (Å²) >= 11 is 0. The lowest BCUT2D eigenvalue weighted by Gasteiger charge is -2.33. The molecule has 3 heteroatoms. The Morgan fingerprint density at radius 3 is 2.60 bits per heavy atom. The fraction of sp³-hybridized carbons (Fsp3) is 0.294. The van der Waals surface area contributed by atoms with E-state index in [1.807, 2.05) is 19.1 Å². The Kier molecular flexibility index (Phi) is 3.45. The van der Waals surface area contributed by atoms with Crippen LogP contribution in [0.5, 0.6) is 0 Å². The van der Waals surface area contributed by atoms with Gasteiger partial charge in [-0.05, 0) is 36.1 Å². The number of rotatable bonds is 2. The average molecular weight is 270 g/mol. The maximum absolute atomic E-state index is 14.3. The first-order chi connectivity index (χ1) is 9.66. The number of benzene rings is 2. The van der Waals surface area contributed by atoms with Gasteiger partial charge in [0.1, 0.15) is 5.82 Å². The molecule has 1 aliphatic heterocycles. The topological polar surface area (TPSA) is 29.3 Å². The number of anilines is 1. The second-order valence-electron chi connectivity index (χ2n) is 5.41. The molecule has 0 aromatic heterocycles. The summed E-state index contributed by atoms with van der Waals surface area (Å²) in [5, 5.41) is 0. The maximum atomic E-state index is 14.3. The van der Waals surface area contributed by atoms with E-state index in [1.54, 1.807) is 6.07 Å². The van der Waals surface area contributed by atoms with E-state index < -0.39 is 0 Å². The zero-order valence-electron chi connectivity index (χ0n) is 11.6. The van der Waals surface area contributed by atoms with Gasteiger partial charge in [-0.1, -0.05) is 36.4 Å². The first-order valence-corrected chi connectivity index (χ1v) is 7.02. The number of nitrogens with zero attached hydrogens (tertiary/aromatic N) is 1. The van der Waals surface area contributed by atoms with Crippen molar-refractivity contribution in [2.24, 2.45) is 5.73 Å². The van der Waals surface area contributed by atoms with Crippen molar-refractivity contribution in [3.05, 3.63) is 65.0 Å². The van der Waals surface area contributed by atoms with Gasteiger partial charge in [0.15, 0.2) is 0 Å². The monoisotopic (exact) mass is 270 g/mol. The normalized spacial score (nSPS) is 15.8. The van der Waals surface area contributed by atoms with Crippen molar-refractivity contribution in [1.29, 1.82) is 0 Å². The van der Waals surface area contributed by atoms with Gasteiger partial charge in [0.2, 0.25) is 0 Å². The van der Waals surface area contributed by atoms with Crippen LogP contribution in [-0.4, -0.2) is 6.54 Å². The van der Waals surface area contributed by atoms with Crippen molar-refractivity contribution in [1.82, 2.24) is 0 Å². The molecule has 0 fully saturated rings. The van der Waals surface area contributed by atoms with E-state index in [1.165, 1.54) is 17.2 Å². The Balaban J connectivity index is 1.99. The van der Waals surface area contributed by atoms with Gasteiger partial charge in [-0.25, -0.2) is 4.39 Å². The van der Waals surface area contributed by atoms with Crippen molar-refractivity contribution in [2.45, 2.75) is 25.9 Å². The third kappa shape index (κ3) is 2.29. The largest absolute Gasteiger partial charge is 0.364 e. The van der Waals surface area contributed by atoms with E-state index in [0.717, 1.165) is 25.1 Å². The Hall–Kier alpha value is -1.87. The highest BCUT2D eigenvalue weighted by Gasteiger charge is 2.22. The van der Waals surface area contributed by atoms with Crippen LogP contribution in [0.3, 0.4) is 0 Å². The Labute approximate surface area is 119 Å². The molecule has 1 heterocycles. The van der Waals surface area contributed by atoms with Crippen molar-refractivity contribution in [3.63, 3.8) is 0 Å². The molecular weight excluding hydrogens is 251 g/mol. The first-order valence-electron chi connectivity index (χ1n) is 7.02. The summed E-state index contributed by atoms with van der Waals surface area (Å²) in [7, 11) is 0. The number of hydrogen-bond donors (Lipinski definition) is 1. The van der Waals surface area contributed by atoms with Gasteiger partial charge in [-0.15, -0.1) is 0 Å². The van der Waals surface area contributed by atoms with E-state index in [-0.39, 0.29) is 11.9 Å². The Bertz CT molecular complexity index is 622. The van der Waals surface area contributed by atoms with Crippen LogP contribution in [0.1, 0.15) is 29.7 Å². The van der Waals surface area contributed by atoms with Crippen LogP contribution in [0, 0.1) is 5.82 Å². The van der Waals surface area contributed by atoms with Gasteiger partial charge in [-0.3, -0.25) is 0 Å². The quantitative estimate of drug-likeness (QED) is 0.906. The lowest BCUT2D eigenvalue weighted by molar-refractivity contribution is 0.603. The zero-order valence-corrected chi connectivity index (χ0v) is 11.6. The Morgan fingerprint density at radius 1 is 1.10 bits per heavy atom. The Morgan fingerprint density at radius 2 is 1.85 bits per heavy atom. The molecule has 20 heavy (non-hydrogen) atoms. The van der Waals surface area contributed by atoms with E-state index in [2.05, 4.69) is 23.1 Å². The van der Waals surface area contributed by atoms with E-state index in [4.69, 9.17) is 5.73 Å². The van der Waals surface area contributed by atoms with E-state index >= 15 is 0 Å². The highest BCUT2D eigenvalue weighted by Crippen LogP contribution is 2.32. The molecule has 3 rings (SSSR count). The SMILES string of the molecule is C[C@H](N)c1cccc(F)c1N1CCc2ccccc2C1. The highest BCUT2D eigenvalue weighted by molar-refractivity contribution is 5.57.